The number of aliphatic hydroxyl groups excluding tert-OH is 2. The molecule has 0 aliphatic rings. The summed E-state index contributed by atoms with van der Waals surface area (Å²) >= 11 is 1.62. The highest BCUT2D eigenvalue weighted by atomic mass is 32.1. The molecule has 0 saturated carbocycles. The van der Waals surface area contributed by atoms with Gasteiger partial charge in [0.25, 0.3) is 0 Å². The van der Waals surface area contributed by atoms with Crippen LogP contribution in [0.2, 0.25) is 0 Å². The van der Waals surface area contributed by atoms with Crippen molar-refractivity contribution in [1.82, 2.24) is 0 Å². The van der Waals surface area contributed by atoms with Crippen molar-refractivity contribution in [2.45, 2.75) is 6.10 Å². The molecule has 18 heavy (non-hydrogen) atoms. The Morgan fingerprint density at radius 3 is 2.83 bits per heavy atom. The van der Waals surface area contributed by atoms with E-state index >= 15 is 0 Å². The Kier molecular flexibility index (Phi) is 4.19. The number of aliphatic hydroxyl groups is 2. The molecule has 0 aliphatic heterocycles. The molecule has 5 heteroatoms. The Labute approximate surface area is 110 Å². The zero-order chi connectivity index (χ0) is 13.0. The van der Waals surface area contributed by atoms with Crippen molar-refractivity contribution in [3.63, 3.8) is 0 Å². The molecular weight excluding hydrogens is 248 g/mol. The molecule has 2 rings (SSSR count). The molecular formula is C13H16N2O2S. The summed E-state index contributed by atoms with van der Waals surface area (Å²) < 4.78 is 0. The van der Waals surface area contributed by atoms with Gasteiger partial charge in [-0.25, -0.2) is 0 Å². The fourth-order valence-corrected chi connectivity index (χ4v) is 2.32. The van der Waals surface area contributed by atoms with Crippen LogP contribution in [0, 0.1) is 0 Å². The highest BCUT2D eigenvalue weighted by Gasteiger charge is 2.08. The highest BCUT2D eigenvalue weighted by molar-refractivity contribution is 7.08. The first-order chi connectivity index (χ1) is 8.70. The van der Waals surface area contributed by atoms with Gasteiger partial charge in [-0.2, -0.15) is 11.3 Å². The first-order valence-corrected chi connectivity index (χ1v) is 6.60. The summed E-state index contributed by atoms with van der Waals surface area (Å²) in [5, 5.41) is 25.3. The summed E-state index contributed by atoms with van der Waals surface area (Å²) in [6.07, 6.45) is -0.766. The van der Waals surface area contributed by atoms with Crippen molar-refractivity contribution < 1.29 is 10.2 Å². The van der Waals surface area contributed by atoms with E-state index in [1.807, 2.05) is 35.0 Å². The number of nitrogen functional groups attached to an aromatic ring is 1. The smallest absolute Gasteiger partial charge is 0.0942 e. The zero-order valence-electron chi connectivity index (χ0n) is 9.84. The van der Waals surface area contributed by atoms with E-state index in [-0.39, 0.29) is 6.61 Å². The SMILES string of the molecule is Nc1ccc(NCC(O)CO)c(-c2ccsc2)c1. The molecule has 1 aromatic carbocycles. The third kappa shape index (κ3) is 3.01. The van der Waals surface area contributed by atoms with E-state index < -0.39 is 6.10 Å². The minimum atomic E-state index is -0.766. The Morgan fingerprint density at radius 2 is 2.17 bits per heavy atom. The average molecular weight is 264 g/mol. The molecule has 0 spiro atoms. The van der Waals surface area contributed by atoms with E-state index in [1.54, 1.807) is 11.3 Å². The summed E-state index contributed by atoms with van der Waals surface area (Å²) in [6, 6.07) is 7.61. The molecule has 5 N–H and O–H groups in total. The summed E-state index contributed by atoms with van der Waals surface area (Å²) in [6.45, 7) is 0.0489. The third-order valence-electron chi connectivity index (χ3n) is 2.61. The van der Waals surface area contributed by atoms with Crippen molar-refractivity contribution >= 4 is 22.7 Å². The summed E-state index contributed by atoms with van der Waals surface area (Å²) in [4.78, 5) is 0. The highest BCUT2D eigenvalue weighted by Crippen LogP contribution is 2.31. The van der Waals surface area contributed by atoms with Crippen molar-refractivity contribution in [3.8, 4) is 11.1 Å². The van der Waals surface area contributed by atoms with Crippen LogP contribution >= 0.6 is 11.3 Å². The topological polar surface area (TPSA) is 78.5 Å². The van der Waals surface area contributed by atoms with E-state index in [0.717, 1.165) is 16.8 Å². The van der Waals surface area contributed by atoms with E-state index in [9.17, 15) is 5.11 Å². The largest absolute Gasteiger partial charge is 0.399 e. The van der Waals surface area contributed by atoms with Crippen LogP contribution in [0.3, 0.4) is 0 Å². The molecule has 0 bridgehead atoms. The molecule has 2 aromatic rings. The van der Waals surface area contributed by atoms with E-state index in [4.69, 9.17) is 10.8 Å². The molecule has 4 nitrogen and oxygen atoms in total. The molecule has 1 atom stereocenters. The zero-order valence-corrected chi connectivity index (χ0v) is 10.7. The van der Waals surface area contributed by atoms with Crippen molar-refractivity contribution in [2.24, 2.45) is 0 Å². The lowest BCUT2D eigenvalue weighted by atomic mass is 10.1. The summed E-state index contributed by atoms with van der Waals surface area (Å²) in [5.74, 6) is 0. The van der Waals surface area contributed by atoms with E-state index in [0.29, 0.717) is 12.2 Å². The number of nitrogens with one attached hydrogen (secondary N) is 1. The van der Waals surface area contributed by atoms with Crippen LogP contribution < -0.4 is 11.1 Å². The van der Waals surface area contributed by atoms with Gasteiger partial charge < -0.3 is 21.3 Å². The van der Waals surface area contributed by atoms with Crippen LogP contribution in [0.25, 0.3) is 11.1 Å². The van der Waals surface area contributed by atoms with Gasteiger partial charge >= 0.3 is 0 Å². The summed E-state index contributed by atoms with van der Waals surface area (Å²) in [7, 11) is 0. The quantitative estimate of drug-likeness (QED) is 0.621. The molecule has 0 saturated heterocycles. The lowest BCUT2D eigenvalue weighted by molar-refractivity contribution is 0.105. The molecule has 96 valence electrons. The maximum absolute atomic E-state index is 9.36. The third-order valence-corrected chi connectivity index (χ3v) is 3.30. The van der Waals surface area contributed by atoms with E-state index in [2.05, 4.69) is 5.32 Å². The number of anilines is 2. The summed E-state index contributed by atoms with van der Waals surface area (Å²) in [5.41, 5.74) is 9.49. The lowest BCUT2D eigenvalue weighted by Gasteiger charge is -2.14. The maximum Gasteiger partial charge on any atom is 0.0942 e. The second kappa shape index (κ2) is 5.86. The average Bonchev–Trinajstić information content (AvgIpc) is 2.90. The van der Waals surface area contributed by atoms with Gasteiger partial charge in [-0.15, -0.1) is 0 Å². The number of rotatable bonds is 5. The minimum Gasteiger partial charge on any atom is -0.399 e. The van der Waals surface area contributed by atoms with Gasteiger partial charge in [-0.05, 0) is 40.6 Å². The molecule has 0 fully saturated rings. The lowest BCUT2D eigenvalue weighted by Crippen LogP contribution is -2.23. The Hall–Kier alpha value is -1.56. The number of thiophene rings is 1. The van der Waals surface area contributed by atoms with Crippen LogP contribution in [0.1, 0.15) is 0 Å². The van der Waals surface area contributed by atoms with Crippen molar-refractivity contribution in [1.29, 1.82) is 0 Å². The van der Waals surface area contributed by atoms with Crippen LogP contribution in [0.15, 0.2) is 35.0 Å². The van der Waals surface area contributed by atoms with Crippen LogP contribution in [0.4, 0.5) is 11.4 Å². The molecule has 1 aromatic heterocycles. The Morgan fingerprint density at radius 1 is 1.33 bits per heavy atom. The van der Waals surface area contributed by atoms with Gasteiger partial charge in [0, 0.05) is 23.5 Å². The monoisotopic (exact) mass is 264 g/mol. The van der Waals surface area contributed by atoms with Crippen LogP contribution in [0.5, 0.6) is 0 Å². The normalized spacial score (nSPS) is 12.3. The maximum atomic E-state index is 9.36. The predicted octanol–water partition coefficient (Wildman–Crippen LogP) is 1.76. The molecule has 0 amide bonds. The van der Waals surface area contributed by atoms with Gasteiger partial charge in [0.15, 0.2) is 0 Å². The van der Waals surface area contributed by atoms with Crippen molar-refractivity contribution in [2.75, 3.05) is 24.2 Å². The Balaban J connectivity index is 2.24. The first kappa shape index (κ1) is 12.9. The van der Waals surface area contributed by atoms with Crippen LogP contribution in [-0.4, -0.2) is 29.5 Å². The van der Waals surface area contributed by atoms with Gasteiger partial charge in [0.1, 0.15) is 0 Å². The number of nitrogens with two attached hydrogens (primary N) is 1. The van der Waals surface area contributed by atoms with Gasteiger partial charge in [0.05, 0.1) is 12.7 Å². The second-order valence-corrected chi connectivity index (χ2v) is 4.81. The standard InChI is InChI=1S/C13H16N2O2S/c14-10-1-2-13(15-6-11(17)7-16)12(5-10)9-3-4-18-8-9/h1-5,8,11,15-17H,6-7,14H2. The minimum absolute atomic E-state index is 0.254. The van der Waals surface area contributed by atoms with E-state index in [1.165, 1.54) is 0 Å². The fourth-order valence-electron chi connectivity index (χ4n) is 1.66. The number of hydrogen-bond acceptors (Lipinski definition) is 5. The van der Waals surface area contributed by atoms with Gasteiger partial charge in [-0.3, -0.25) is 0 Å². The van der Waals surface area contributed by atoms with Gasteiger partial charge in [0.2, 0.25) is 0 Å². The van der Waals surface area contributed by atoms with Gasteiger partial charge in [-0.1, -0.05) is 0 Å². The first-order valence-electron chi connectivity index (χ1n) is 5.65. The van der Waals surface area contributed by atoms with Crippen LogP contribution in [-0.2, 0) is 0 Å². The molecule has 1 unspecified atom stereocenters. The Bertz CT molecular complexity index is 500. The molecule has 0 aliphatic carbocycles. The predicted molar refractivity (Wildman–Crippen MR) is 75.7 cm³/mol. The number of hydrogen-bond donors (Lipinski definition) is 4. The van der Waals surface area contributed by atoms with Crippen molar-refractivity contribution in [3.05, 3.63) is 35.0 Å². The number of benzene rings is 1. The molecule has 1 heterocycles. The second-order valence-electron chi connectivity index (χ2n) is 4.03. The fraction of sp³-hybridized carbons (Fsp3) is 0.231. The molecule has 0 radical (unpaired) electrons.